The van der Waals surface area contributed by atoms with Crippen molar-refractivity contribution >= 4 is 0 Å². The van der Waals surface area contributed by atoms with E-state index in [1.807, 2.05) is 13.8 Å². The highest BCUT2D eigenvalue weighted by Gasteiger charge is 2.34. The van der Waals surface area contributed by atoms with Crippen LogP contribution in [0.5, 0.6) is 0 Å². The van der Waals surface area contributed by atoms with E-state index >= 15 is 0 Å². The molecule has 98 valence electrons. The van der Waals surface area contributed by atoms with E-state index in [1.54, 1.807) is 6.92 Å². The molecule has 0 saturated carbocycles. The van der Waals surface area contributed by atoms with Gasteiger partial charge in [-0.05, 0) is 19.4 Å². The number of alkyl halides is 3. The second-order valence-electron chi connectivity index (χ2n) is 4.28. The number of hydrogen-bond donors (Lipinski definition) is 1. The molecule has 0 unspecified atom stereocenters. The van der Waals surface area contributed by atoms with Gasteiger partial charge in [-0.3, -0.25) is 4.90 Å². The number of aliphatic hydroxyl groups is 1. The van der Waals surface area contributed by atoms with Crippen molar-refractivity contribution in [2.24, 2.45) is 5.41 Å². The molecule has 0 aromatic carbocycles. The number of rotatable bonds is 7. The fraction of sp³-hybridized carbons (Fsp3) is 1.00. The van der Waals surface area contributed by atoms with Crippen molar-refractivity contribution in [3.8, 4) is 0 Å². The molecule has 16 heavy (non-hydrogen) atoms. The lowest BCUT2D eigenvalue weighted by Gasteiger charge is -2.35. The van der Waals surface area contributed by atoms with Gasteiger partial charge in [0, 0.05) is 18.6 Å². The molecule has 0 fully saturated rings. The third-order valence-electron chi connectivity index (χ3n) is 3.24. The molecule has 0 aromatic rings. The molecule has 0 heterocycles. The van der Waals surface area contributed by atoms with Crippen LogP contribution < -0.4 is 0 Å². The highest BCUT2D eigenvalue weighted by molar-refractivity contribution is 4.80. The molecule has 0 amide bonds. The Bertz CT molecular complexity index is 182. The van der Waals surface area contributed by atoms with Gasteiger partial charge >= 0.3 is 6.18 Å². The van der Waals surface area contributed by atoms with Gasteiger partial charge in [-0.25, -0.2) is 0 Å². The van der Waals surface area contributed by atoms with Gasteiger partial charge in [0.2, 0.25) is 0 Å². The Kier molecular flexibility index (Phi) is 6.33. The molecule has 0 aliphatic rings. The molecular weight excluding hydrogens is 219 g/mol. The predicted octanol–water partition coefficient (Wildman–Crippen LogP) is 2.67. The van der Waals surface area contributed by atoms with E-state index in [-0.39, 0.29) is 6.61 Å². The Morgan fingerprint density at radius 3 is 1.75 bits per heavy atom. The smallest absolute Gasteiger partial charge is 0.396 e. The van der Waals surface area contributed by atoms with Crippen LogP contribution in [0.25, 0.3) is 0 Å². The summed E-state index contributed by atoms with van der Waals surface area (Å²) in [5.41, 5.74) is -0.402. The lowest BCUT2D eigenvalue weighted by molar-refractivity contribution is -0.149. The van der Waals surface area contributed by atoms with Crippen LogP contribution >= 0.6 is 0 Å². The maximum Gasteiger partial charge on any atom is 0.401 e. The van der Waals surface area contributed by atoms with Crippen LogP contribution in [0.2, 0.25) is 0 Å². The molecule has 0 aliphatic carbocycles. The molecule has 0 saturated heterocycles. The molecule has 0 rings (SSSR count). The minimum atomic E-state index is -4.17. The van der Waals surface area contributed by atoms with Crippen LogP contribution in [0.3, 0.4) is 0 Å². The Morgan fingerprint density at radius 2 is 1.50 bits per heavy atom. The normalized spacial score (nSPS) is 13.5. The molecule has 0 aliphatic heterocycles. The van der Waals surface area contributed by atoms with Crippen molar-refractivity contribution < 1.29 is 18.3 Å². The topological polar surface area (TPSA) is 23.5 Å². The quantitative estimate of drug-likeness (QED) is 0.740. The van der Waals surface area contributed by atoms with Gasteiger partial charge in [-0.2, -0.15) is 13.2 Å². The summed E-state index contributed by atoms with van der Waals surface area (Å²) in [6.45, 7) is 5.20. The largest absolute Gasteiger partial charge is 0.401 e. The molecule has 2 nitrogen and oxygen atoms in total. The monoisotopic (exact) mass is 241 g/mol. The van der Waals surface area contributed by atoms with E-state index in [2.05, 4.69) is 0 Å². The zero-order chi connectivity index (χ0) is 12.8. The molecule has 0 aromatic heterocycles. The summed E-state index contributed by atoms with van der Waals surface area (Å²) in [6, 6.07) is 0. The third-order valence-corrected chi connectivity index (χ3v) is 3.24. The van der Waals surface area contributed by atoms with Crippen molar-refractivity contribution in [2.75, 3.05) is 26.2 Å². The molecule has 5 heteroatoms. The minimum Gasteiger partial charge on any atom is -0.396 e. The van der Waals surface area contributed by atoms with Crippen LogP contribution in [0.1, 0.15) is 33.6 Å². The van der Waals surface area contributed by atoms with Crippen LogP contribution in [0.4, 0.5) is 13.2 Å². The van der Waals surface area contributed by atoms with Crippen molar-refractivity contribution in [3.05, 3.63) is 0 Å². The van der Waals surface area contributed by atoms with Crippen LogP contribution in [-0.2, 0) is 0 Å². The van der Waals surface area contributed by atoms with E-state index in [0.29, 0.717) is 25.9 Å². The van der Waals surface area contributed by atoms with E-state index < -0.39 is 18.1 Å². The Hall–Kier alpha value is -0.290. The highest BCUT2D eigenvalue weighted by Crippen LogP contribution is 2.28. The molecule has 1 N–H and O–H groups in total. The minimum absolute atomic E-state index is 0.0612. The molecule has 0 bridgehead atoms. The average Bonchev–Trinajstić information content (AvgIpc) is 2.23. The summed E-state index contributed by atoms with van der Waals surface area (Å²) in [5, 5.41) is 9.31. The maximum absolute atomic E-state index is 12.3. The van der Waals surface area contributed by atoms with Crippen LogP contribution in [0.15, 0.2) is 0 Å². The Balaban J connectivity index is 4.50. The van der Waals surface area contributed by atoms with Gasteiger partial charge in [-0.15, -0.1) is 0 Å². The van der Waals surface area contributed by atoms with Crippen molar-refractivity contribution in [1.82, 2.24) is 4.90 Å². The van der Waals surface area contributed by atoms with Gasteiger partial charge in [0.25, 0.3) is 0 Å². The van der Waals surface area contributed by atoms with E-state index in [0.717, 1.165) is 0 Å². The van der Waals surface area contributed by atoms with Gasteiger partial charge in [0.05, 0.1) is 6.54 Å². The number of nitrogens with zero attached hydrogens (tertiary/aromatic N) is 1. The second kappa shape index (κ2) is 6.45. The van der Waals surface area contributed by atoms with Gasteiger partial charge in [0.15, 0.2) is 0 Å². The van der Waals surface area contributed by atoms with Gasteiger partial charge in [-0.1, -0.05) is 20.8 Å². The lowest BCUT2D eigenvalue weighted by Crippen LogP contribution is -2.43. The van der Waals surface area contributed by atoms with Crippen molar-refractivity contribution in [3.63, 3.8) is 0 Å². The highest BCUT2D eigenvalue weighted by atomic mass is 19.4. The average molecular weight is 241 g/mol. The first-order chi connectivity index (χ1) is 7.32. The van der Waals surface area contributed by atoms with E-state index in [4.69, 9.17) is 0 Å². The first-order valence-corrected chi connectivity index (χ1v) is 5.72. The van der Waals surface area contributed by atoms with Gasteiger partial charge in [0.1, 0.15) is 0 Å². The second-order valence-corrected chi connectivity index (χ2v) is 4.28. The third kappa shape index (κ3) is 5.16. The lowest BCUT2D eigenvalue weighted by atomic mass is 9.82. The van der Waals surface area contributed by atoms with Gasteiger partial charge < -0.3 is 5.11 Å². The number of halogens is 3. The summed E-state index contributed by atoms with van der Waals surface area (Å²) < 4.78 is 36.8. The van der Waals surface area contributed by atoms with E-state index in [9.17, 15) is 18.3 Å². The summed E-state index contributed by atoms with van der Waals surface area (Å²) in [7, 11) is 0. The maximum atomic E-state index is 12.3. The standard InChI is InChI=1S/C11H22F3NO/c1-4-10(5-2,9-16)7-15(6-3)8-11(12,13)14/h16H,4-9H2,1-3H3. The number of aliphatic hydroxyl groups excluding tert-OH is 1. The number of hydrogen-bond acceptors (Lipinski definition) is 2. The fourth-order valence-electron chi connectivity index (χ4n) is 1.75. The first kappa shape index (κ1) is 15.7. The predicted molar refractivity (Wildman–Crippen MR) is 58.3 cm³/mol. The van der Waals surface area contributed by atoms with Crippen LogP contribution in [-0.4, -0.2) is 42.4 Å². The Morgan fingerprint density at radius 1 is 1.00 bits per heavy atom. The molecule has 0 atom stereocenters. The van der Waals surface area contributed by atoms with Crippen LogP contribution in [0, 0.1) is 5.41 Å². The summed E-state index contributed by atoms with van der Waals surface area (Å²) in [6.07, 6.45) is -2.79. The fourth-order valence-corrected chi connectivity index (χ4v) is 1.75. The first-order valence-electron chi connectivity index (χ1n) is 5.72. The summed E-state index contributed by atoms with van der Waals surface area (Å²) in [4.78, 5) is 1.35. The molecular formula is C11H22F3NO. The zero-order valence-corrected chi connectivity index (χ0v) is 10.3. The van der Waals surface area contributed by atoms with Crippen molar-refractivity contribution in [2.45, 2.75) is 39.8 Å². The van der Waals surface area contributed by atoms with Crippen molar-refractivity contribution in [1.29, 1.82) is 0 Å². The molecule has 0 radical (unpaired) electrons. The summed E-state index contributed by atoms with van der Waals surface area (Å²) >= 11 is 0. The summed E-state index contributed by atoms with van der Waals surface area (Å²) in [5.74, 6) is 0. The SMILES string of the molecule is CCN(CC(F)(F)F)CC(CC)(CC)CO. The molecule has 0 spiro atoms. The Labute approximate surface area is 95.4 Å². The van der Waals surface area contributed by atoms with E-state index in [1.165, 1.54) is 4.90 Å². The zero-order valence-electron chi connectivity index (χ0n) is 10.3.